The molecule has 0 amide bonds. The summed E-state index contributed by atoms with van der Waals surface area (Å²) in [5.74, 6) is 1.10. The van der Waals surface area contributed by atoms with Gasteiger partial charge in [-0.2, -0.15) is 0 Å². The Hall–Kier alpha value is -3.15. The van der Waals surface area contributed by atoms with Gasteiger partial charge in [0, 0.05) is 28.9 Å². The van der Waals surface area contributed by atoms with Crippen LogP contribution in [0.5, 0.6) is 5.75 Å². The van der Waals surface area contributed by atoms with Crippen molar-refractivity contribution in [3.05, 3.63) is 53.2 Å². The molecular weight excluding hydrogens is 330 g/mol. The van der Waals surface area contributed by atoms with Gasteiger partial charge in [0.05, 0.1) is 12.0 Å². The molecule has 2 aromatic heterocycles. The number of aromatic nitrogens is 1. The maximum Gasteiger partial charge on any atom is 0.187 e. The second-order valence-electron chi connectivity index (χ2n) is 6.68. The first-order chi connectivity index (χ1) is 12.5. The van der Waals surface area contributed by atoms with E-state index in [9.17, 15) is 10.3 Å². The number of furan rings is 1. The number of amidine groups is 1. The van der Waals surface area contributed by atoms with Crippen LogP contribution in [0.3, 0.4) is 0 Å². The van der Waals surface area contributed by atoms with Crippen molar-refractivity contribution in [1.82, 2.24) is 4.57 Å². The molecule has 0 fully saturated rings. The van der Waals surface area contributed by atoms with Crippen molar-refractivity contribution in [3.8, 4) is 28.0 Å². The predicted molar refractivity (Wildman–Crippen MR) is 99.5 cm³/mol. The smallest absolute Gasteiger partial charge is 0.187 e. The van der Waals surface area contributed by atoms with E-state index < -0.39 is 0 Å². The second kappa shape index (κ2) is 5.98. The molecule has 3 aromatic rings. The van der Waals surface area contributed by atoms with Crippen molar-refractivity contribution in [3.63, 3.8) is 0 Å². The number of phenolic OH excluding ortho intramolecular Hbond substituents is 1. The Balaban J connectivity index is 2.12. The maximum atomic E-state index is 9.68. The zero-order valence-electron chi connectivity index (χ0n) is 14.8. The summed E-state index contributed by atoms with van der Waals surface area (Å²) < 4.78 is 7.77. The summed E-state index contributed by atoms with van der Waals surface area (Å²) in [6, 6.07) is 7.15. The second-order valence-corrected chi connectivity index (χ2v) is 6.68. The third-order valence-electron chi connectivity index (χ3n) is 5.08. The molecule has 26 heavy (non-hydrogen) atoms. The van der Waals surface area contributed by atoms with E-state index in [1.54, 1.807) is 18.4 Å². The summed E-state index contributed by atoms with van der Waals surface area (Å²) >= 11 is 0. The van der Waals surface area contributed by atoms with Crippen LogP contribution in [-0.4, -0.2) is 20.7 Å². The van der Waals surface area contributed by atoms with Crippen LogP contribution in [0.2, 0.25) is 0 Å². The van der Waals surface area contributed by atoms with E-state index in [1.165, 1.54) is 0 Å². The largest absolute Gasteiger partial charge is 0.508 e. The molecule has 3 heterocycles. The number of aromatic hydroxyl groups is 1. The number of oxime groups is 1. The lowest BCUT2D eigenvalue weighted by molar-refractivity contribution is 0.318. The van der Waals surface area contributed by atoms with E-state index in [0.717, 1.165) is 64.4 Å². The van der Waals surface area contributed by atoms with Crippen molar-refractivity contribution < 1.29 is 14.7 Å². The van der Waals surface area contributed by atoms with Crippen LogP contribution in [0, 0.1) is 13.8 Å². The third-order valence-corrected chi connectivity index (χ3v) is 5.08. The van der Waals surface area contributed by atoms with Gasteiger partial charge in [-0.05, 0) is 49.9 Å². The third kappa shape index (κ3) is 2.29. The minimum Gasteiger partial charge on any atom is -0.508 e. The fourth-order valence-electron chi connectivity index (χ4n) is 4.02. The lowest BCUT2D eigenvalue weighted by Crippen LogP contribution is -2.19. The highest BCUT2D eigenvalue weighted by Gasteiger charge is 2.31. The summed E-state index contributed by atoms with van der Waals surface area (Å²) in [7, 11) is 0. The lowest BCUT2D eigenvalue weighted by Gasteiger charge is -2.11. The number of rotatable bonds is 3. The van der Waals surface area contributed by atoms with Gasteiger partial charge in [0.25, 0.3) is 0 Å². The van der Waals surface area contributed by atoms with Gasteiger partial charge in [-0.3, -0.25) is 0 Å². The molecule has 134 valence electrons. The number of hydrogen-bond acceptors (Lipinski definition) is 4. The van der Waals surface area contributed by atoms with Crippen LogP contribution < -0.4 is 5.73 Å². The number of fused-ring (bicyclic) bond motifs is 1. The Labute approximate surface area is 151 Å². The molecule has 0 bridgehead atoms. The minimum absolute atomic E-state index is 0.0909. The topological polar surface area (TPSA) is 96.9 Å². The normalized spacial score (nSPS) is 14.0. The van der Waals surface area contributed by atoms with E-state index in [4.69, 9.17) is 10.2 Å². The number of aryl methyl sites for hydroxylation is 2. The SMILES string of the molecule is Cc1coc(C)c1-c1c(-c2ccc(O)cc2)c2n(c1C(N)=NO)CCC2. The van der Waals surface area contributed by atoms with E-state index >= 15 is 0 Å². The first kappa shape index (κ1) is 16.3. The molecule has 0 spiro atoms. The number of phenols is 1. The van der Waals surface area contributed by atoms with Gasteiger partial charge in [0.1, 0.15) is 11.5 Å². The molecule has 0 saturated heterocycles. The van der Waals surface area contributed by atoms with Gasteiger partial charge < -0.3 is 25.0 Å². The summed E-state index contributed by atoms with van der Waals surface area (Å²) in [5.41, 5.74) is 12.9. The maximum absolute atomic E-state index is 9.68. The van der Waals surface area contributed by atoms with E-state index in [1.807, 2.05) is 26.0 Å². The predicted octanol–water partition coefficient (Wildman–Crippen LogP) is 3.78. The molecule has 6 nitrogen and oxygen atoms in total. The van der Waals surface area contributed by atoms with Gasteiger partial charge in [-0.15, -0.1) is 0 Å². The van der Waals surface area contributed by atoms with Gasteiger partial charge in [0.2, 0.25) is 0 Å². The van der Waals surface area contributed by atoms with E-state index in [0.29, 0.717) is 0 Å². The lowest BCUT2D eigenvalue weighted by atomic mass is 9.92. The monoisotopic (exact) mass is 351 g/mol. The fourth-order valence-corrected chi connectivity index (χ4v) is 4.02. The number of hydrogen-bond donors (Lipinski definition) is 3. The quantitative estimate of drug-likeness (QED) is 0.289. The number of benzene rings is 1. The van der Waals surface area contributed by atoms with Crippen molar-refractivity contribution in [2.75, 3.05) is 0 Å². The van der Waals surface area contributed by atoms with E-state index in [2.05, 4.69) is 9.72 Å². The molecule has 6 heteroatoms. The van der Waals surface area contributed by atoms with Crippen molar-refractivity contribution >= 4 is 5.84 Å². The Morgan fingerprint density at radius 3 is 2.50 bits per heavy atom. The highest BCUT2D eigenvalue weighted by molar-refractivity contribution is 6.07. The minimum atomic E-state index is 0.0909. The summed E-state index contributed by atoms with van der Waals surface area (Å²) in [6.07, 6.45) is 3.65. The Morgan fingerprint density at radius 1 is 1.15 bits per heavy atom. The highest BCUT2D eigenvalue weighted by atomic mass is 16.4. The molecule has 4 rings (SSSR count). The summed E-state index contributed by atoms with van der Waals surface area (Å²) in [5, 5.41) is 22.4. The van der Waals surface area contributed by atoms with Crippen molar-refractivity contribution in [2.45, 2.75) is 33.2 Å². The van der Waals surface area contributed by atoms with Crippen LogP contribution >= 0.6 is 0 Å². The Kier molecular flexibility index (Phi) is 3.76. The Morgan fingerprint density at radius 2 is 1.88 bits per heavy atom. The standard InChI is InChI=1S/C20H21N3O3/c1-11-10-26-12(2)16(11)18-17(13-5-7-14(24)8-6-13)15-4-3-9-23(15)19(18)20(21)22-25/h5-8,10,24-25H,3-4,9H2,1-2H3,(H2,21,22). The zero-order chi connectivity index (χ0) is 18.4. The molecule has 0 saturated carbocycles. The molecular formula is C20H21N3O3. The first-order valence-electron chi connectivity index (χ1n) is 8.60. The molecule has 1 aliphatic heterocycles. The van der Waals surface area contributed by atoms with Crippen molar-refractivity contribution in [2.24, 2.45) is 10.9 Å². The average Bonchev–Trinajstić information content (AvgIpc) is 3.29. The molecule has 0 unspecified atom stereocenters. The number of nitrogens with two attached hydrogens (primary N) is 1. The zero-order valence-corrected chi connectivity index (χ0v) is 14.8. The fraction of sp³-hybridized carbons (Fsp3) is 0.250. The molecule has 1 aliphatic rings. The van der Waals surface area contributed by atoms with Gasteiger partial charge >= 0.3 is 0 Å². The van der Waals surface area contributed by atoms with Crippen LogP contribution in [0.15, 0.2) is 40.1 Å². The van der Waals surface area contributed by atoms with Gasteiger partial charge in [-0.25, -0.2) is 0 Å². The summed E-state index contributed by atoms with van der Waals surface area (Å²) in [6.45, 7) is 4.73. The molecule has 0 aliphatic carbocycles. The van der Waals surface area contributed by atoms with Crippen LogP contribution in [0.25, 0.3) is 22.3 Å². The molecule has 0 radical (unpaired) electrons. The van der Waals surface area contributed by atoms with Crippen molar-refractivity contribution in [1.29, 1.82) is 0 Å². The van der Waals surface area contributed by atoms with Crippen LogP contribution in [0.4, 0.5) is 0 Å². The summed E-state index contributed by atoms with van der Waals surface area (Å²) in [4.78, 5) is 0. The average molecular weight is 351 g/mol. The van der Waals surface area contributed by atoms with Crippen LogP contribution in [0.1, 0.15) is 29.1 Å². The number of nitrogens with zero attached hydrogens (tertiary/aromatic N) is 2. The van der Waals surface area contributed by atoms with Gasteiger partial charge in [-0.1, -0.05) is 17.3 Å². The van der Waals surface area contributed by atoms with Crippen LogP contribution in [-0.2, 0) is 13.0 Å². The molecule has 1 aromatic carbocycles. The van der Waals surface area contributed by atoms with Gasteiger partial charge in [0.15, 0.2) is 5.84 Å². The molecule has 0 atom stereocenters. The first-order valence-corrected chi connectivity index (χ1v) is 8.60. The Bertz CT molecular complexity index is 991. The van der Waals surface area contributed by atoms with E-state index in [-0.39, 0.29) is 11.6 Å². The molecule has 4 N–H and O–H groups in total. The highest BCUT2D eigenvalue weighted by Crippen LogP contribution is 2.45.